The van der Waals surface area contributed by atoms with Crippen LogP contribution in [0.1, 0.15) is 22.5 Å². The highest BCUT2D eigenvalue weighted by atomic mass is 32.1. The summed E-state index contributed by atoms with van der Waals surface area (Å²) < 4.78 is 1.61. The van der Waals surface area contributed by atoms with Crippen LogP contribution >= 0.6 is 11.3 Å². The van der Waals surface area contributed by atoms with E-state index >= 15 is 0 Å². The van der Waals surface area contributed by atoms with Gasteiger partial charge in [-0.1, -0.05) is 18.2 Å². The number of nitrogens with zero attached hydrogens (tertiary/aromatic N) is 4. The van der Waals surface area contributed by atoms with E-state index in [1.165, 1.54) is 17.7 Å². The summed E-state index contributed by atoms with van der Waals surface area (Å²) in [7, 11) is 0. The zero-order chi connectivity index (χ0) is 18.6. The molecule has 1 aliphatic heterocycles. The molecule has 4 rings (SSSR count). The lowest BCUT2D eigenvalue weighted by molar-refractivity contribution is -0.121. The van der Waals surface area contributed by atoms with Gasteiger partial charge in [0.2, 0.25) is 5.91 Å². The molecule has 2 amide bonds. The van der Waals surface area contributed by atoms with E-state index in [0.29, 0.717) is 23.7 Å². The lowest BCUT2D eigenvalue weighted by atomic mass is 9.96. The van der Waals surface area contributed by atoms with Gasteiger partial charge in [-0.05, 0) is 36.4 Å². The summed E-state index contributed by atoms with van der Waals surface area (Å²) in [5.41, 5.74) is 1.43. The van der Waals surface area contributed by atoms with Crippen molar-refractivity contribution in [2.75, 3.05) is 18.4 Å². The predicted molar refractivity (Wildman–Crippen MR) is 103 cm³/mol. The molecular formula is C19H19N5O2S. The molecule has 1 saturated heterocycles. The number of piperidine rings is 1. The number of hydrogen-bond acceptors (Lipinski definition) is 5. The van der Waals surface area contributed by atoms with Gasteiger partial charge in [0, 0.05) is 13.1 Å². The van der Waals surface area contributed by atoms with Crippen LogP contribution in [0.15, 0.2) is 54.4 Å². The van der Waals surface area contributed by atoms with Gasteiger partial charge in [-0.2, -0.15) is 5.10 Å². The van der Waals surface area contributed by atoms with E-state index in [1.54, 1.807) is 15.9 Å². The molecule has 1 N–H and O–H groups in total. The maximum absolute atomic E-state index is 12.9. The number of nitrogens with one attached hydrogen (secondary N) is 1. The Labute approximate surface area is 160 Å². The van der Waals surface area contributed by atoms with Crippen LogP contribution in [0.5, 0.6) is 0 Å². The van der Waals surface area contributed by atoms with Gasteiger partial charge in [0.25, 0.3) is 5.91 Å². The minimum absolute atomic E-state index is 0.00511. The van der Waals surface area contributed by atoms with Crippen molar-refractivity contribution < 1.29 is 9.59 Å². The minimum atomic E-state index is -0.230. The first-order valence-electron chi connectivity index (χ1n) is 8.80. The number of para-hydroxylation sites is 2. The third kappa shape index (κ3) is 3.75. The Bertz CT molecular complexity index is 924. The number of carbonyl (C=O) groups is 2. The number of thiophene rings is 1. The first-order valence-corrected chi connectivity index (χ1v) is 9.68. The molecule has 3 heterocycles. The number of hydrogen-bond donors (Lipinski definition) is 1. The summed E-state index contributed by atoms with van der Waals surface area (Å²) in [4.78, 5) is 31.9. The third-order valence-electron chi connectivity index (χ3n) is 4.64. The monoisotopic (exact) mass is 381 g/mol. The fourth-order valence-electron chi connectivity index (χ4n) is 3.28. The Morgan fingerprint density at radius 3 is 2.85 bits per heavy atom. The van der Waals surface area contributed by atoms with Crippen LogP contribution in [-0.4, -0.2) is 44.6 Å². The van der Waals surface area contributed by atoms with E-state index in [0.717, 1.165) is 18.5 Å². The molecule has 0 radical (unpaired) electrons. The average Bonchev–Trinajstić information content (AvgIpc) is 3.42. The van der Waals surface area contributed by atoms with Crippen LogP contribution in [0.3, 0.4) is 0 Å². The van der Waals surface area contributed by atoms with Crippen LogP contribution < -0.4 is 5.32 Å². The van der Waals surface area contributed by atoms with Gasteiger partial charge in [0.1, 0.15) is 12.7 Å². The van der Waals surface area contributed by atoms with E-state index in [9.17, 15) is 9.59 Å². The molecule has 3 aromatic rings. The smallest absolute Gasteiger partial charge is 0.263 e. The molecule has 1 aromatic carbocycles. The Kier molecular flexibility index (Phi) is 4.97. The second kappa shape index (κ2) is 7.71. The van der Waals surface area contributed by atoms with Crippen molar-refractivity contribution in [1.29, 1.82) is 0 Å². The molecule has 1 aliphatic rings. The van der Waals surface area contributed by atoms with Crippen LogP contribution in [0, 0.1) is 5.92 Å². The first-order chi connectivity index (χ1) is 13.2. The fourth-order valence-corrected chi connectivity index (χ4v) is 3.97. The van der Waals surface area contributed by atoms with Gasteiger partial charge in [-0.3, -0.25) is 9.59 Å². The standard InChI is InChI=1S/C19H19N5O2S/c25-18(22-15-6-1-2-7-16(15)24-13-20-12-21-24)14-5-3-9-23(11-14)19(26)17-8-4-10-27-17/h1-2,4,6-8,10,12-14H,3,5,9,11H2,(H,22,25). The van der Waals surface area contributed by atoms with E-state index < -0.39 is 0 Å². The molecule has 7 nitrogen and oxygen atoms in total. The highest BCUT2D eigenvalue weighted by Gasteiger charge is 2.29. The summed E-state index contributed by atoms with van der Waals surface area (Å²) in [5.74, 6) is -0.303. The zero-order valence-corrected chi connectivity index (χ0v) is 15.4. The SMILES string of the molecule is O=C(Nc1ccccc1-n1cncn1)C1CCCN(C(=O)c2cccs2)C1. The summed E-state index contributed by atoms with van der Waals surface area (Å²) in [6.07, 6.45) is 4.63. The molecule has 2 aromatic heterocycles. The molecule has 8 heteroatoms. The Morgan fingerprint density at radius 1 is 1.19 bits per heavy atom. The van der Waals surface area contributed by atoms with Crippen LogP contribution in [-0.2, 0) is 4.79 Å². The number of benzene rings is 1. The maximum atomic E-state index is 12.9. The highest BCUT2D eigenvalue weighted by molar-refractivity contribution is 7.12. The van der Waals surface area contributed by atoms with Crippen molar-refractivity contribution in [3.8, 4) is 5.69 Å². The normalized spacial score (nSPS) is 16.9. The molecule has 0 aliphatic carbocycles. The Balaban J connectivity index is 1.47. The number of likely N-dealkylation sites (tertiary alicyclic amines) is 1. The van der Waals surface area contributed by atoms with Gasteiger partial charge in [0.15, 0.2) is 0 Å². The number of aromatic nitrogens is 3. The molecular weight excluding hydrogens is 362 g/mol. The maximum Gasteiger partial charge on any atom is 0.263 e. The summed E-state index contributed by atoms with van der Waals surface area (Å²) >= 11 is 1.43. The van der Waals surface area contributed by atoms with Crippen molar-refractivity contribution in [2.24, 2.45) is 5.92 Å². The number of carbonyl (C=O) groups excluding carboxylic acids is 2. The van der Waals surface area contributed by atoms with Crippen molar-refractivity contribution in [3.63, 3.8) is 0 Å². The van der Waals surface area contributed by atoms with Crippen molar-refractivity contribution in [1.82, 2.24) is 19.7 Å². The fraction of sp³-hybridized carbons (Fsp3) is 0.263. The lowest BCUT2D eigenvalue weighted by Gasteiger charge is -2.32. The van der Waals surface area contributed by atoms with Crippen molar-refractivity contribution in [3.05, 3.63) is 59.3 Å². The average molecular weight is 381 g/mol. The third-order valence-corrected chi connectivity index (χ3v) is 5.50. The van der Waals surface area contributed by atoms with Gasteiger partial charge >= 0.3 is 0 Å². The van der Waals surface area contributed by atoms with Crippen molar-refractivity contribution in [2.45, 2.75) is 12.8 Å². The highest BCUT2D eigenvalue weighted by Crippen LogP contribution is 2.24. The second-order valence-corrected chi connectivity index (χ2v) is 7.36. The number of anilines is 1. The Morgan fingerprint density at radius 2 is 2.07 bits per heavy atom. The minimum Gasteiger partial charge on any atom is -0.337 e. The molecule has 0 saturated carbocycles. The van der Waals surface area contributed by atoms with Gasteiger partial charge in [-0.15, -0.1) is 11.3 Å². The van der Waals surface area contributed by atoms with Crippen molar-refractivity contribution >= 4 is 28.8 Å². The molecule has 1 fully saturated rings. The first kappa shape index (κ1) is 17.4. The predicted octanol–water partition coefficient (Wildman–Crippen LogP) is 2.82. The number of amides is 2. The van der Waals surface area contributed by atoms with E-state index in [-0.39, 0.29) is 17.7 Å². The van der Waals surface area contributed by atoms with Crippen LogP contribution in [0.25, 0.3) is 5.69 Å². The topological polar surface area (TPSA) is 80.1 Å². The molecule has 0 bridgehead atoms. The van der Waals surface area contributed by atoms with Gasteiger partial charge < -0.3 is 10.2 Å². The zero-order valence-electron chi connectivity index (χ0n) is 14.6. The number of rotatable bonds is 4. The van der Waals surface area contributed by atoms with E-state index in [2.05, 4.69) is 15.4 Å². The molecule has 1 unspecified atom stereocenters. The molecule has 138 valence electrons. The molecule has 0 spiro atoms. The second-order valence-electron chi connectivity index (χ2n) is 6.41. The lowest BCUT2D eigenvalue weighted by Crippen LogP contribution is -2.43. The van der Waals surface area contributed by atoms with Crippen LogP contribution in [0.4, 0.5) is 5.69 Å². The molecule has 27 heavy (non-hydrogen) atoms. The van der Waals surface area contributed by atoms with Gasteiger partial charge in [-0.25, -0.2) is 9.67 Å². The summed E-state index contributed by atoms with van der Waals surface area (Å²) in [5, 5.41) is 9.02. The summed E-state index contributed by atoms with van der Waals surface area (Å²) in [6, 6.07) is 11.2. The van der Waals surface area contributed by atoms with E-state index in [1.807, 2.05) is 41.8 Å². The van der Waals surface area contributed by atoms with Gasteiger partial charge in [0.05, 0.1) is 22.2 Å². The largest absolute Gasteiger partial charge is 0.337 e. The summed E-state index contributed by atoms with van der Waals surface area (Å²) in [6.45, 7) is 1.13. The van der Waals surface area contributed by atoms with Crippen LogP contribution in [0.2, 0.25) is 0 Å². The van der Waals surface area contributed by atoms with E-state index in [4.69, 9.17) is 0 Å². The molecule has 1 atom stereocenters. The Hall–Kier alpha value is -3.00. The quantitative estimate of drug-likeness (QED) is 0.754.